The fourth-order valence-electron chi connectivity index (χ4n) is 3.92. The third-order valence-corrected chi connectivity index (χ3v) is 5.33. The van der Waals surface area contributed by atoms with E-state index in [9.17, 15) is 9.90 Å². The van der Waals surface area contributed by atoms with Crippen molar-refractivity contribution in [2.75, 3.05) is 6.61 Å². The Morgan fingerprint density at radius 3 is 2.41 bits per heavy atom. The van der Waals surface area contributed by atoms with Crippen molar-refractivity contribution in [3.05, 3.63) is 48.6 Å². The Kier molecular flexibility index (Phi) is 7.91. The average molecular weight is 374 g/mol. The zero-order valence-corrected chi connectivity index (χ0v) is 17.1. The van der Waals surface area contributed by atoms with Gasteiger partial charge in [0.1, 0.15) is 5.60 Å². The molecule has 0 aromatic heterocycles. The van der Waals surface area contributed by atoms with E-state index in [1.54, 1.807) is 0 Å². The van der Waals surface area contributed by atoms with Gasteiger partial charge in [0.2, 0.25) is 0 Å². The van der Waals surface area contributed by atoms with Gasteiger partial charge in [-0.2, -0.15) is 0 Å². The molecule has 1 aliphatic rings. The molecule has 2 rings (SSSR count). The van der Waals surface area contributed by atoms with Gasteiger partial charge in [-0.1, -0.05) is 36.4 Å². The molecule has 1 aromatic carbocycles. The van der Waals surface area contributed by atoms with Crippen LogP contribution < -0.4 is 0 Å². The number of ether oxygens (including phenoxy) is 1. The number of hydrogen-bond acceptors (Lipinski definition) is 3. The highest BCUT2D eigenvalue weighted by molar-refractivity contribution is 5.68. The van der Waals surface area contributed by atoms with Crippen molar-refractivity contribution >= 4 is 6.09 Å². The van der Waals surface area contributed by atoms with Crippen LogP contribution in [0.5, 0.6) is 0 Å². The SMILES string of the molecule is C=CCC(C1CCC(CO)CC1)N(Cc1ccccc1)C(=O)OC(C)(C)C. The van der Waals surface area contributed by atoms with Crippen LogP contribution in [0.3, 0.4) is 0 Å². The van der Waals surface area contributed by atoms with E-state index < -0.39 is 5.60 Å². The van der Waals surface area contributed by atoms with Gasteiger partial charge in [0.25, 0.3) is 0 Å². The predicted molar refractivity (Wildman–Crippen MR) is 109 cm³/mol. The predicted octanol–water partition coefficient (Wildman–Crippen LogP) is 5.17. The molecule has 1 N–H and O–H groups in total. The zero-order valence-electron chi connectivity index (χ0n) is 17.1. The lowest BCUT2D eigenvalue weighted by Crippen LogP contribution is -2.47. The van der Waals surface area contributed by atoms with Gasteiger partial charge in [0.05, 0.1) is 0 Å². The molecule has 4 nitrogen and oxygen atoms in total. The fourth-order valence-corrected chi connectivity index (χ4v) is 3.92. The molecule has 1 aliphatic carbocycles. The standard InChI is InChI=1S/C23H35NO3/c1-5-9-21(20-14-12-19(17-25)13-15-20)24(22(26)27-23(2,3)4)16-18-10-7-6-8-11-18/h5-8,10-11,19-21,25H,1,9,12-17H2,2-4H3. The fraction of sp³-hybridized carbons (Fsp3) is 0.609. The Morgan fingerprint density at radius 2 is 1.89 bits per heavy atom. The van der Waals surface area contributed by atoms with E-state index in [2.05, 4.69) is 6.58 Å². The number of hydrogen-bond donors (Lipinski definition) is 1. The van der Waals surface area contributed by atoms with Crippen molar-refractivity contribution in [3.63, 3.8) is 0 Å². The molecule has 1 unspecified atom stereocenters. The number of carbonyl (C=O) groups is 1. The Labute approximate surface area is 164 Å². The molecule has 0 bridgehead atoms. The molecule has 0 saturated heterocycles. The minimum atomic E-state index is -0.528. The van der Waals surface area contributed by atoms with Gasteiger partial charge in [-0.3, -0.25) is 0 Å². The molecule has 0 spiro atoms. The third kappa shape index (κ3) is 6.69. The molecule has 1 amide bonds. The first-order chi connectivity index (χ1) is 12.8. The number of carbonyl (C=O) groups excluding carboxylic acids is 1. The highest BCUT2D eigenvalue weighted by atomic mass is 16.6. The number of aliphatic hydroxyl groups is 1. The van der Waals surface area contributed by atoms with Gasteiger partial charge in [-0.15, -0.1) is 6.58 Å². The van der Waals surface area contributed by atoms with Crippen LogP contribution in [-0.4, -0.2) is 34.3 Å². The second-order valence-electron chi connectivity index (χ2n) is 8.65. The van der Waals surface area contributed by atoms with Crippen LogP contribution in [0, 0.1) is 11.8 Å². The highest BCUT2D eigenvalue weighted by Gasteiger charge is 2.35. The molecule has 0 aliphatic heterocycles. The van der Waals surface area contributed by atoms with Crippen LogP contribution in [0.2, 0.25) is 0 Å². The normalized spacial score (nSPS) is 21.3. The summed E-state index contributed by atoms with van der Waals surface area (Å²) in [6.07, 6.45) is 6.48. The van der Waals surface area contributed by atoms with Crippen LogP contribution in [0.1, 0.15) is 58.4 Å². The molecule has 4 heteroatoms. The Morgan fingerprint density at radius 1 is 1.26 bits per heavy atom. The van der Waals surface area contributed by atoms with Crippen LogP contribution in [-0.2, 0) is 11.3 Å². The van der Waals surface area contributed by atoms with Crippen LogP contribution in [0.25, 0.3) is 0 Å². The van der Waals surface area contributed by atoms with Crippen molar-refractivity contribution in [2.45, 2.75) is 71.1 Å². The highest BCUT2D eigenvalue weighted by Crippen LogP contribution is 2.35. The number of nitrogens with zero attached hydrogens (tertiary/aromatic N) is 1. The number of aliphatic hydroxyl groups excluding tert-OH is 1. The summed E-state index contributed by atoms with van der Waals surface area (Å²) in [5.41, 5.74) is 0.570. The van der Waals surface area contributed by atoms with E-state index in [0.29, 0.717) is 18.4 Å². The van der Waals surface area contributed by atoms with E-state index in [-0.39, 0.29) is 18.7 Å². The lowest BCUT2D eigenvalue weighted by molar-refractivity contribution is 0.00239. The van der Waals surface area contributed by atoms with Gasteiger partial charge in [0, 0.05) is 19.2 Å². The van der Waals surface area contributed by atoms with E-state index in [1.807, 2.05) is 62.1 Å². The number of rotatable bonds is 7. The smallest absolute Gasteiger partial charge is 0.410 e. The van der Waals surface area contributed by atoms with Crippen LogP contribution >= 0.6 is 0 Å². The van der Waals surface area contributed by atoms with E-state index in [4.69, 9.17) is 4.74 Å². The Bertz CT molecular complexity index is 585. The summed E-state index contributed by atoms with van der Waals surface area (Å²) in [4.78, 5) is 15.0. The topological polar surface area (TPSA) is 49.8 Å². The van der Waals surface area contributed by atoms with Gasteiger partial charge in [0.15, 0.2) is 0 Å². The second kappa shape index (κ2) is 9.93. The van der Waals surface area contributed by atoms with Crippen molar-refractivity contribution < 1.29 is 14.6 Å². The molecule has 1 atom stereocenters. The van der Waals surface area contributed by atoms with E-state index >= 15 is 0 Å². The van der Waals surface area contributed by atoms with Crippen molar-refractivity contribution in [3.8, 4) is 0 Å². The quantitative estimate of drug-likeness (QED) is 0.671. The van der Waals surface area contributed by atoms with Crippen molar-refractivity contribution in [1.82, 2.24) is 4.90 Å². The minimum absolute atomic E-state index is 0.0669. The lowest BCUT2D eigenvalue weighted by atomic mass is 9.77. The molecule has 1 aromatic rings. The van der Waals surface area contributed by atoms with Gasteiger partial charge >= 0.3 is 6.09 Å². The van der Waals surface area contributed by atoms with E-state index in [1.165, 1.54) is 0 Å². The van der Waals surface area contributed by atoms with E-state index in [0.717, 1.165) is 37.7 Å². The first kappa shape index (κ1) is 21.5. The summed E-state index contributed by atoms with van der Waals surface area (Å²) in [5, 5.41) is 9.44. The molecular formula is C23H35NO3. The summed E-state index contributed by atoms with van der Waals surface area (Å²) in [6.45, 7) is 10.4. The molecule has 27 heavy (non-hydrogen) atoms. The molecular weight excluding hydrogens is 338 g/mol. The number of benzene rings is 1. The van der Waals surface area contributed by atoms with Crippen molar-refractivity contribution in [1.29, 1.82) is 0 Å². The maximum atomic E-state index is 13.1. The molecule has 150 valence electrons. The Hall–Kier alpha value is -1.81. The minimum Gasteiger partial charge on any atom is -0.444 e. The second-order valence-corrected chi connectivity index (χ2v) is 8.65. The van der Waals surface area contributed by atoms with Crippen LogP contribution in [0.4, 0.5) is 4.79 Å². The van der Waals surface area contributed by atoms with Crippen LogP contribution in [0.15, 0.2) is 43.0 Å². The first-order valence-electron chi connectivity index (χ1n) is 10.1. The number of amides is 1. The van der Waals surface area contributed by atoms with Gasteiger partial charge < -0.3 is 14.7 Å². The maximum absolute atomic E-state index is 13.1. The summed E-state index contributed by atoms with van der Waals surface area (Å²) < 4.78 is 5.75. The monoisotopic (exact) mass is 373 g/mol. The summed E-state index contributed by atoms with van der Waals surface area (Å²) >= 11 is 0. The molecule has 0 heterocycles. The lowest BCUT2D eigenvalue weighted by Gasteiger charge is -2.40. The summed E-state index contributed by atoms with van der Waals surface area (Å²) in [5.74, 6) is 0.803. The zero-order chi connectivity index (χ0) is 19.9. The molecule has 1 fully saturated rings. The summed E-state index contributed by atoms with van der Waals surface area (Å²) in [7, 11) is 0. The first-order valence-corrected chi connectivity index (χ1v) is 10.1. The maximum Gasteiger partial charge on any atom is 0.410 e. The summed E-state index contributed by atoms with van der Waals surface area (Å²) in [6, 6.07) is 10.1. The largest absolute Gasteiger partial charge is 0.444 e. The van der Waals surface area contributed by atoms with Gasteiger partial charge in [-0.05, 0) is 70.3 Å². The molecule has 1 saturated carbocycles. The van der Waals surface area contributed by atoms with Crippen molar-refractivity contribution in [2.24, 2.45) is 11.8 Å². The Balaban J connectivity index is 2.23. The van der Waals surface area contributed by atoms with Gasteiger partial charge in [-0.25, -0.2) is 4.79 Å². The average Bonchev–Trinajstić information content (AvgIpc) is 2.64. The molecule has 0 radical (unpaired) electrons. The third-order valence-electron chi connectivity index (χ3n) is 5.33.